The molecular formula is C13H20ClNO2S. The summed E-state index contributed by atoms with van der Waals surface area (Å²) < 4.78 is 27.1. The Morgan fingerprint density at radius 2 is 1.50 bits per heavy atom. The first-order valence-corrected chi connectivity index (χ1v) is 7.61. The van der Waals surface area contributed by atoms with E-state index >= 15 is 0 Å². The normalized spacial score (nSPS) is 13.7. The smallest absolute Gasteiger partial charge is 0.207 e. The molecule has 102 valence electrons. The Morgan fingerprint density at radius 3 is 1.89 bits per heavy atom. The Balaban J connectivity index is 3.07. The third-order valence-corrected chi connectivity index (χ3v) is 5.35. The van der Waals surface area contributed by atoms with Crippen LogP contribution in [0, 0.1) is 6.92 Å². The predicted octanol–water partition coefficient (Wildman–Crippen LogP) is 3.07. The first-order chi connectivity index (χ1) is 7.96. The molecule has 0 radical (unpaired) electrons. The van der Waals surface area contributed by atoms with Crippen molar-refractivity contribution < 1.29 is 8.42 Å². The van der Waals surface area contributed by atoms with Crippen LogP contribution in [0.1, 0.15) is 33.3 Å². The maximum atomic E-state index is 12.2. The summed E-state index contributed by atoms with van der Waals surface area (Å²) >= 11 is 6.22. The van der Waals surface area contributed by atoms with Crippen LogP contribution in [0.2, 0.25) is 0 Å². The minimum Gasteiger partial charge on any atom is -0.207 e. The molecule has 3 nitrogen and oxygen atoms in total. The Bertz CT molecular complexity index is 513. The third kappa shape index (κ3) is 3.46. The van der Waals surface area contributed by atoms with Gasteiger partial charge in [-0.3, -0.25) is 0 Å². The highest BCUT2D eigenvalue weighted by atomic mass is 35.5. The summed E-state index contributed by atoms with van der Waals surface area (Å²) in [5.74, 6) is 0. The summed E-state index contributed by atoms with van der Waals surface area (Å²) in [7, 11) is -3.55. The Morgan fingerprint density at radius 1 is 1.06 bits per heavy atom. The van der Waals surface area contributed by atoms with Gasteiger partial charge in [0.1, 0.15) is 0 Å². The molecule has 0 bridgehead atoms. The first kappa shape index (κ1) is 15.5. The van der Waals surface area contributed by atoms with Crippen LogP contribution in [0.4, 0.5) is 0 Å². The highest BCUT2D eigenvalue weighted by Crippen LogP contribution is 2.29. The molecule has 0 saturated carbocycles. The van der Waals surface area contributed by atoms with Crippen LogP contribution in [0.15, 0.2) is 29.2 Å². The summed E-state index contributed by atoms with van der Waals surface area (Å²) in [5.41, 5.74) is 0.268. The van der Waals surface area contributed by atoms with Gasteiger partial charge >= 0.3 is 0 Å². The third-order valence-electron chi connectivity index (χ3n) is 3.21. The average molecular weight is 290 g/mol. The molecule has 0 aliphatic carbocycles. The van der Waals surface area contributed by atoms with Crippen molar-refractivity contribution in [2.75, 3.05) is 0 Å². The molecule has 0 unspecified atom stereocenters. The number of hydrogen-bond acceptors (Lipinski definition) is 2. The lowest BCUT2D eigenvalue weighted by Crippen LogP contribution is -2.54. The topological polar surface area (TPSA) is 46.2 Å². The first-order valence-electron chi connectivity index (χ1n) is 5.75. The molecule has 1 rings (SSSR count). The molecule has 0 aliphatic heterocycles. The van der Waals surface area contributed by atoms with E-state index in [0.29, 0.717) is 0 Å². The van der Waals surface area contributed by atoms with E-state index in [0.717, 1.165) is 5.56 Å². The molecule has 0 aliphatic rings. The molecule has 1 N–H and O–H groups in total. The van der Waals surface area contributed by atoms with E-state index in [1.54, 1.807) is 52.0 Å². The van der Waals surface area contributed by atoms with Gasteiger partial charge in [0.25, 0.3) is 0 Å². The highest BCUT2D eigenvalue weighted by Gasteiger charge is 2.38. The van der Waals surface area contributed by atoms with Gasteiger partial charge in [0, 0.05) is 5.54 Å². The molecule has 0 saturated heterocycles. The van der Waals surface area contributed by atoms with Gasteiger partial charge in [0.05, 0.1) is 9.77 Å². The van der Waals surface area contributed by atoms with Crippen LogP contribution < -0.4 is 4.72 Å². The lowest BCUT2D eigenvalue weighted by molar-refractivity contribution is 0.363. The summed E-state index contributed by atoms with van der Waals surface area (Å²) in [4.78, 5) is -0.438. The van der Waals surface area contributed by atoms with E-state index in [4.69, 9.17) is 11.6 Å². The van der Waals surface area contributed by atoms with E-state index in [-0.39, 0.29) is 4.90 Å². The van der Waals surface area contributed by atoms with Gasteiger partial charge in [-0.1, -0.05) is 17.7 Å². The van der Waals surface area contributed by atoms with Crippen molar-refractivity contribution in [3.8, 4) is 0 Å². The molecule has 5 heteroatoms. The maximum absolute atomic E-state index is 12.2. The second-order valence-electron chi connectivity index (χ2n) is 5.52. The zero-order valence-corrected chi connectivity index (χ0v) is 13.0. The van der Waals surface area contributed by atoms with Gasteiger partial charge in [0.15, 0.2) is 0 Å². The summed E-state index contributed by atoms with van der Waals surface area (Å²) in [6.45, 7) is 9.02. The van der Waals surface area contributed by atoms with Crippen molar-refractivity contribution in [3.63, 3.8) is 0 Å². The van der Waals surface area contributed by atoms with Crippen LogP contribution in [-0.2, 0) is 10.0 Å². The van der Waals surface area contributed by atoms with Crippen LogP contribution in [-0.4, -0.2) is 18.8 Å². The van der Waals surface area contributed by atoms with E-state index in [1.807, 2.05) is 6.92 Å². The molecule has 18 heavy (non-hydrogen) atoms. The number of rotatable bonds is 4. The summed E-state index contributed by atoms with van der Waals surface area (Å²) in [6.07, 6.45) is 0. The van der Waals surface area contributed by atoms with Gasteiger partial charge in [-0.15, -0.1) is 11.6 Å². The van der Waals surface area contributed by atoms with Crippen LogP contribution in [0.3, 0.4) is 0 Å². The van der Waals surface area contributed by atoms with E-state index < -0.39 is 20.4 Å². The van der Waals surface area contributed by atoms with Crippen molar-refractivity contribution in [2.24, 2.45) is 0 Å². The van der Waals surface area contributed by atoms with Crippen LogP contribution >= 0.6 is 11.6 Å². The second kappa shape index (κ2) is 4.83. The number of alkyl halides is 1. The summed E-state index contributed by atoms with van der Waals surface area (Å²) in [6, 6.07) is 6.73. The number of aryl methyl sites for hydroxylation is 1. The number of halogens is 1. The lowest BCUT2D eigenvalue weighted by atomic mass is 9.91. The zero-order chi connectivity index (χ0) is 14.2. The van der Waals surface area contributed by atoms with E-state index in [1.165, 1.54) is 0 Å². The Labute approximate surface area is 115 Å². The fraction of sp³-hybridized carbons (Fsp3) is 0.538. The van der Waals surface area contributed by atoms with Gasteiger partial charge < -0.3 is 0 Å². The van der Waals surface area contributed by atoms with E-state index in [9.17, 15) is 8.42 Å². The molecular weight excluding hydrogens is 270 g/mol. The SMILES string of the molecule is Cc1ccc(S(=O)(=O)NC(C)(C)C(C)(C)Cl)cc1. The Hall–Kier alpha value is -0.580. The maximum Gasteiger partial charge on any atom is 0.241 e. The Kier molecular flexibility index (Phi) is 4.16. The second-order valence-corrected chi connectivity index (χ2v) is 8.14. The molecule has 0 amide bonds. The van der Waals surface area contributed by atoms with Gasteiger partial charge in [-0.25, -0.2) is 13.1 Å². The fourth-order valence-electron chi connectivity index (χ4n) is 1.23. The zero-order valence-electron chi connectivity index (χ0n) is 11.4. The lowest BCUT2D eigenvalue weighted by Gasteiger charge is -2.36. The van der Waals surface area contributed by atoms with Crippen molar-refractivity contribution in [1.29, 1.82) is 0 Å². The van der Waals surface area contributed by atoms with Crippen LogP contribution in [0.5, 0.6) is 0 Å². The van der Waals surface area contributed by atoms with Crippen molar-refractivity contribution in [3.05, 3.63) is 29.8 Å². The quantitative estimate of drug-likeness (QED) is 0.866. The van der Waals surface area contributed by atoms with Crippen molar-refractivity contribution in [2.45, 2.75) is 49.9 Å². The largest absolute Gasteiger partial charge is 0.241 e. The van der Waals surface area contributed by atoms with Gasteiger partial charge in [-0.2, -0.15) is 0 Å². The molecule has 0 atom stereocenters. The number of nitrogens with one attached hydrogen (secondary N) is 1. The molecule has 1 aromatic rings. The number of hydrogen-bond donors (Lipinski definition) is 1. The predicted molar refractivity (Wildman–Crippen MR) is 75.5 cm³/mol. The number of benzene rings is 1. The van der Waals surface area contributed by atoms with Gasteiger partial charge in [-0.05, 0) is 46.8 Å². The van der Waals surface area contributed by atoms with Gasteiger partial charge in [0.2, 0.25) is 10.0 Å². The monoisotopic (exact) mass is 289 g/mol. The standard InChI is InChI=1S/C13H20ClNO2S/c1-10-6-8-11(9-7-10)18(16,17)15-13(4,5)12(2,3)14/h6-9,15H,1-5H3. The highest BCUT2D eigenvalue weighted by molar-refractivity contribution is 7.89. The fourth-order valence-corrected chi connectivity index (χ4v) is 2.88. The molecule has 0 heterocycles. The minimum atomic E-state index is -3.55. The molecule has 0 aromatic heterocycles. The average Bonchev–Trinajstić information content (AvgIpc) is 2.14. The molecule has 0 spiro atoms. The van der Waals surface area contributed by atoms with Crippen LogP contribution in [0.25, 0.3) is 0 Å². The van der Waals surface area contributed by atoms with E-state index in [2.05, 4.69) is 4.72 Å². The van der Waals surface area contributed by atoms with Crippen molar-refractivity contribution >= 4 is 21.6 Å². The summed E-state index contributed by atoms with van der Waals surface area (Å²) in [5, 5.41) is 0. The molecule has 1 aromatic carbocycles. The number of sulfonamides is 1. The molecule has 0 fully saturated rings. The minimum absolute atomic E-state index is 0.252. The van der Waals surface area contributed by atoms with Crippen molar-refractivity contribution in [1.82, 2.24) is 4.72 Å².